The van der Waals surface area contributed by atoms with Gasteiger partial charge in [0.1, 0.15) is 11.9 Å². The fourth-order valence-corrected chi connectivity index (χ4v) is 5.94. The normalized spacial score (nSPS) is 22.0. The Bertz CT molecular complexity index is 1190. The lowest BCUT2D eigenvalue weighted by Gasteiger charge is -2.25. The molecule has 2 aromatic carbocycles. The molecule has 0 saturated carbocycles. The molecular formula is C26H34N2O8S. The van der Waals surface area contributed by atoms with Crippen molar-refractivity contribution in [1.82, 2.24) is 9.62 Å². The molecule has 2 heterocycles. The van der Waals surface area contributed by atoms with E-state index in [0.29, 0.717) is 12.4 Å². The number of rotatable bonds is 10. The van der Waals surface area contributed by atoms with Gasteiger partial charge in [-0.05, 0) is 61.2 Å². The molecule has 2 aromatic rings. The zero-order valence-corrected chi connectivity index (χ0v) is 22.1. The van der Waals surface area contributed by atoms with E-state index in [4.69, 9.17) is 18.9 Å². The van der Waals surface area contributed by atoms with Gasteiger partial charge < -0.3 is 29.4 Å². The van der Waals surface area contributed by atoms with Gasteiger partial charge in [0.15, 0.2) is 6.29 Å². The van der Waals surface area contributed by atoms with Gasteiger partial charge in [-0.1, -0.05) is 18.2 Å². The van der Waals surface area contributed by atoms with Crippen molar-refractivity contribution in [1.29, 1.82) is 0 Å². The number of ether oxygens (including phenoxy) is 4. The molecule has 0 spiro atoms. The first-order chi connectivity index (χ1) is 17.7. The van der Waals surface area contributed by atoms with Crippen LogP contribution in [0.3, 0.4) is 0 Å². The Labute approximate surface area is 217 Å². The topological polar surface area (TPSA) is 124 Å². The molecule has 4 rings (SSSR count). The van der Waals surface area contributed by atoms with Crippen LogP contribution >= 0.6 is 0 Å². The van der Waals surface area contributed by atoms with Crippen molar-refractivity contribution in [2.75, 3.05) is 33.4 Å². The molecule has 2 aliphatic heterocycles. The second kappa shape index (κ2) is 11.8. The SMILES string of the molecule is COc1ccc(S(=O)(=O)N(Cc2ccc(C)c(C)c2)CC(O)CNC(=O)OC2COC3OCCC23)cc1. The average Bonchev–Trinajstić information content (AvgIpc) is 3.50. The fourth-order valence-electron chi connectivity index (χ4n) is 4.48. The Morgan fingerprint density at radius 2 is 1.92 bits per heavy atom. The number of fused-ring (bicyclic) bond motifs is 1. The lowest BCUT2D eigenvalue weighted by molar-refractivity contribution is -0.0907. The minimum atomic E-state index is -3.97. The molecule has 0 radical (unpaired) electrons. The first-order valence-corrected chi connectivity index (χ1v) is 13.7. The van der Waals surface area contributed by atoms with Gasteiger partial charge in [0.25, 0.3) is 0 Å². The summed E-state index contributed by atoms with van der Waals surface area (Å²) in [7, 11) is -2.46. The third kappa shape index (κ3) is 6.60. The van der Waals surface area contributed by atoms with E-state index in [0.717, 1.165) is 23.1 Å². The van der Waals surface area contributed by atoms with Crippen molar-refractivity contribution in [3.8, 4) is 5.75 Å². The minimum Gasteiger partial charge on any atom is -0.497 e. The third-order valence-corrected chi connectivity index (χ3v) is 8.59. The molecule has 0 aromatic heterocycles. The summed E-state index contributed by atoms with van der Waals surface area (Å²) in [6.07, 6.45) is -1.87. The van der Waals surface area contributed by atoms with E-state index in [9.17, 15) is 18.3 Å². The van der Waals surface area contributed by atoms with Gasteiger partial charge in [-0.15, -0.1) is 0 Å². The number of nitrogens with zero attached hydrogens (tertiary/aromatic N) is 1. The molecule has 1 amide bonds. The Hall–Kier alpha value is -2.70. The first-order valence-electron chi connectivity index (χ1n) is 12.2. The average molecular weight is 535 g/mol. The standard InChI is InChI=1S/C26H34N2O8S/c1-17-4-5-19(12-18(17)2)14-28(37(31,32)22-8-6-21(33-3)7-9-22)15-20(29)13-27-26(30)36-24-16-35-25-23(24)10-11-34-25/h4-9,12,20,23-25,29H,10-11,13-16H2,1-3H3,(H,27,30). The number of nitrogens with one attached hydrogen (secondary N) is 1. The van der Waals surface area contributed by atoms with Crippen LogP contribution in [0.5, 0.6) is 5.75 Å². The van der Waals surface area contributed by atoms with E-state index in [2.05, 4.69) is 5.32 Å². The van der Waals surface area contributed by atoms with Crippen LogP contribution in [0.1, 0.15) is 23.1 Å². The number of hydrogen-bond donors (Lipinski definition) is 2. The van der Waals surface area contributed by atoms with Crippen LogP contribution in [0.2, 0.25) is 0 Å². The van der Waals surface area contributed by atoms with Crippen molar-refractivity contribution in [2.24, 2.45) is 5.92 Å². The Morgan fingerprint density at radius 3 is 2.62 bits per heavy atom. The summed E-state index contributed by atoms with van der Waals surface area (Å²) in [5, 5.41) is 13.2. The Morgan fingerprint density at radius 1 is 1.16 bits per heavy atom. The molecular weight excluding hydrogens is 500 g/mol. The molecule has 11 heteroatoms. The highest BCUT2D eigenvalue weighted by atomic mass is 32.2. The largest absolute Gasteiger partial charge is 0.497 e. The number of sulfonamides is 1. The van der Waals surface area contributed by atoms with E-state index in [-0.39, 0.29) is 43.3 Å². The highest BCUT2D eigenvalue weighted by molar-refractivity contribution is 7.89. The lowest BCUT2D eigenvalue weighted by atomic mass is 10.0. The number of aliphatic hydroxyl groups excluding tert-OH is 1. The molecule has 2 fully saturated rings. The first kappa shape index (κ1) is 27.3. The number of hydrogen-bond acceptors (Lipinski definition) is 8. The zero-order chi connectivity index (χ0) is 26.6. The molecule has 2 saturated heterocycles. The number of aliphatic hydroxyl groups is 1. The van der Waals surface area contributed by atoms with Gasteiger partial charge >= 0.3 is 6.09 Å². The lowest BCUT2D eigenvalue weighted by Crippen LogP contribution is -2.43. The van der Waals surface area contributed by atoms with Gasteiger partial charge in [-0.3, -0.25) is 0 Å². The quantitative estimate of drug-likeness (QED) is 0.476. The van der Waals surface area contributed by atoms with Crippen LogP contribution < -0.4 is 10.1 Å². The van der Waals surface area contributed by atoms with Gasteiger partial charge in [0.05, 0.1) is 37.2 Å². The predicted octanol–water partition coefficient (Wildman–Crippen LogP) is 2.35. The number of methoxy groups -OCH3 is 1. The fraction of sp³-hybridized carbons (Fsp3) is 0.500. The highest BCUT2D eigenvalue weighted by Gasteiger charge is 2.43. The summed E-state index contributed by atoms with van der Waals surface area (Å²) in [5.74, 6) is 0.532. The van der Waals surface area contributed by atoms with Gasteiger partial charge in [-0.25, -0.2) is 13.2 Å². The van der Waals surface area contributed by atoms with Gasteiger partial charge in [0.2, 0.25) is 10.0 Å². The molecule has 4 unspecified atom stereocenters. The van der Waals surface area contributed by atoms with E-state index in [1.807, 2.05) is 32.0 Å². The van der Waals surface area contributed by atoms with Crippen molar-refractivity contribution in [2.45, 2.75) is 50.2 Å². The van der Waals surface area contributed by atoms with Crippen molar-refractivity contribution >= 4 is 16.1 Å². The summed E-state index contributed by atoms with van der Waals surface area (Å²) in [4.78, 5) is 12.4. The van der Waals surface area contributed by atoms with Crippen LogP contribution in [0, 0.1) is 19.8 Å². The summed E-state index contributed by atoms with van der Waals surface area (Å²) >= 11 is 0. The second-order valence-electron chi connectivity index (χ2n) is 9.40. The number of carbonyl (C=O) groups excluding carboxylic acids is 1. The smallest absolute Gasteiger partial charge is 0.407 e. The van der Waals surface area contributed by atoms with Crippen LogP contribution in [-0.2, 0) is 30.8 Å². The van der Waals surface area contributed by atoms with Crippen molar-refractivity contribution in [3.63, 3.8) is 0 Å². The molecule has 0 aliphatic carbocycles. The molecule has 202 valence electrons. The second-order valence-corrected chi connectivity index (χ2v) is 11.3. The summed E-state index contributed by atoms with van der Waals surface area (Å²) in [5.41, 5.74) is 2.92. The van der Waals surface area contributed by atoms with Crippen LogP contribution in [0.4, 0.5) is 4.79 Å². The molecule has 10 nitrogen and oxygen atoms in total. The van der Waals surface area contributed by atoms with Crippen LogP contribution in [0.15, 0.2) is 47.4 Å². The van der Waals surface area contributed by atoms with E-state index in [1.165, 1.54) is 23.5 Å². The molecule has 37 heavy (non-hydrogen) atoms. The number of amides is 1. The van der Waals surface area contributed by atoms with E-state index >= 15 is 0 Å². The van der Waals surface area contributed by atoms with Gasteiger partial charge in [0, 0.05) is 19.6 Å². The Balaban J connectivity index is 1.42. The van der Waals surface area contributed by atoms with Crippen molar-refractivity contribution < 1.29 is 37.3 Å². The number of benzene rings is 2. The maximum atomic E-state index is 13.5. The zero-order valence-electron chi connectivity index (χ0n) is 21.3. The third-order valence-electron chi connectivity index (χ3n) is 6.77. The summed E-state index contributed by atoms with van der Waals surface area (Å²) < 4.78 is 49.8. The maximum Gasteiger partial charge on any atom is 0.407 e. The van der Waals surface area contributed by atoms with E-state index in [1.54, 1.807) is 12.1 Å². The summed E-state index contributed by atoms with van der Waals surface area (Å²) in [6.45, 7) is 4.41. The monoisotopic (exact) mass is 534 g/mol. The number of aryl methyl sites for hydroxylation is 2. The van der Waals surface area contributed by atoms with Crippen LogP contribution in [0.25, 0.3) is 0 Å². The maximum absolute atomic E-state index is 13.5. The van der Waals surface area contributed by atoms with Gasteiger partial charge in [-0.2, -0.15) is 4.31 Å². The Kier molecular flexibility index (Phi) is 8.71. The molecule has 2 aliphatic rings. The van der Waals surface area contributed by atoms with Crippen molar-refractivity contribution in [3.05, 3.63) is 59.2 Å². The predicted molar refractivity (Wildman–Crippen MR) is 135 cm³/mol. The molecule has 0 bridgehead atoms. The van der Waals surface area contributed by atoms with Crippen LogP contribution in [-0.4, -0.2) is 75.8 Å². The number of carbonyl (C=O) groups is 1. The van der Waals surface area contributed by atoms with E-state index < -0.39 is 28.3 Å². The number of alkyl carbamates (subject to hydrolysis) is 1. The molecule has 2 N–H and O–H groups in total. The summed E-state index contributed by atoms with van der Waals surface area (Å²) in [6, 6.07) is 11.8. The minimum absolute atomic E-state index is 0.00114. The highest BCUT2D eigenvalue weighted by Crippen LogP contribution is 2.33. The molecule has 4 atom stereocenters.